The fourth-order valence-electron chi connectivity index (χ4n) is 3.19. The van der Waals surface area contributed by atoms with Gasteiger partial charge in [-0.05, 0) is 30.5 Å². The molecule has 1 aromatic carbocycles. The number of hydrogen-bond acceptors (Lipinski definition) is 3. The van der Waals surface area contributed by atoms with Gasteiger partial charge in [-0.1, -0.05) is 12.1 Å². The van der Waals surface area contributed by atoms with Gasteiger partial charge < -0.3 is 10.1 Å². The largest absolute Gasteiger partial charge is 0.497 e. The number of nitrogens with zero attached hydrogens (tertiary/aromatic N) is 1. The highest BCUT2D eigenvalue weighted by Crippen LogP contribution is 2.27. The van der Waals surface area contributed by atoms with Crippen molar-refractivity contribution in [3.05, 3.63) is 29.8 Å². The minimum atomic E-state index is 0.215. The van der Waals surface area contributed by atoms with Crippen molar-refractivity contribution in [1.29, 1.82) is 0 Å². The Morgan fingerprint density at radius 3 is 2.84 bits per heavy atom. The van der Waals surface area contributed by atoms with E-state index in [1.807, 2.05) is 12.1 Å². The second-order valence-corrected chi connectivity index (χ2v) is 5.39. The lowest BCUT2D eigenvalue weighted by atomic mass is 9.99. The van der Waals surface area contributed by atoms with Crippen LogP contribution in [-0.4, -0.2) is 36.5 Å². The molecule has 0 aliphatic carbocycles. The maximum atomic E-state index is 11.4. The van der Waals surface area contributed by atoms with Gasteiger partial charge in [-0.2, -0.15) is 0 Å². The number of likely N-dealkylation sites (tertiary alicyclic amines) is 1. The quantitative estimate of drug-likeness (QED) is 0.896. The molecule has 2 fully saturated rings. The third kappa shape index (κ3) is 2.59. The van der Waals surface area contributed by atoms with Crippen LogP contribution >= 0.6 is 0 Å². The van der Waals surface area contributed by atoms with E-state index in [9.17, 15) is 4.79 Å². The lowest BCUT2D eigenvalue weighted by Gasteiger charge is -2.32. The summed E-state index contributed by atoms with van der Waals surface area (Å²) in [6, 6.07) is 9.12. The van der Waals surface area contributed by atoms with E-state index in [0.717, 1.165) is 31.7 Å². The molecule has 1 N–H and O–H groups in total. The van der Waals surface area contributed by atoms with Gasteiger partial charge in [0.25, 0.3) is 0 Å². The number of hydrogen-bond donors (Lipinski definition) is 1. The summed E-state index contributed by atoms with van der Waals surface area (Å²) in [6.45, 7) is 2.03. The average Bonchev–Trinajstić information content (AvgIpc) is 2.82. The molecule has 2 aliphatic rings. The summed E-state index contributed by atoms with van der Waals surface area (Å²) in [6.07, 6.45) is 2.74. The first-order valence-electron chi connectivity index (χ1n) is 6.92. The Morgan fingerprint density at radius 1 is 1.32 bits per heavy atom. The predicted molar refractivity (Wildman–Crippen MR) is 73.0 cm³/mol. The summed E-state index contributed by atoms with van der Waals surface area (Å²) in [5.74, 6) is 1.11. The van der Waals surface area contributed by atoms with Crippen LogP contribution in [0.25, 0.3) is 0 Å². The molecule has 0 spiro atoms. The molecular weight excluding hydrogens is 240 g/mol. The van der Waals surface area contributed by atoms with Crippen molar-refractivity contribution in [2.24, 2.45) is 0 Å². The van der Waals surface area contributed by atoms with Gasteiger partial charge in [0.1, 0.15) is 5.75 Å². The molecule has 0 saturated carbocycles. The third-order valence-corrected chi connectivity index (χ3v) is 4.22. The monoisotopic (exact) mass is 260 g/mol. The number of rotatable bonds is 3. The zero-order valence-electron chi connectivity index (χ0n) is 11.3. The summed E-state index contributed by atoms with van der Waals surface area (Å²) in [4.78, 5) is 13.9. The van der Waals surface area contributed by atoms with Crippen molar-refractivity contribution in [2.45, 2.75) is 37.9 Å². The first kappa shape index (κ1) is 12.5. The molecule has 0 bridgehead atoms. The molecule has 19 heavy (non-hydrogen) atoms. The molecule has 2 aliphatic heterocycles. The van der Waals surface area contributed by atoms with E-state index in [4.69, 9.17) is 4.74 Å². The van der Waals surface area contributed by atoms with E-state index < -0.39 is 0 Å². The topological polar surface area (TPSA) is 41.6 Å². The average molecular weight is 260 g/mol. The third-order valence-electron chi connectivity index (χ3n) is 4.22. The fraction of sp³-hybridized carbons (Fsp3) is 0.533. The second kappa shape index (κ2) is 5.21. The number of piperidine rings is 1. The standard InChI is InChI=1S/C15H20N2O2/c1-19-12-4-2-11(3-5-12)10-17-9-8-13-14(17)6-7-15(18)16-13/h2-5,13-14H,6-10H2,1H3,(H,16,18)/t13-,14+/m0/s1. The predicted octanol–water partition coefficient (Wildman–Crippen LogP) is 1.55. The van der Waals surface area contributed by atoms with Crippen molar-refractivity contribution in [3.63, 3.8) is 0 Å². The molecule has 2 heterocycles. The van der Waals surface area contributed by atoms with Crippen LogP contribution in [0.5, 0.6) is 5.75 Å². The first-order chi connectivity index (χ1) is 9.26. The van der Waals surface area contributed by atoms with Crippen LogP contribution in [0.1, 0.15) is 24.8 Å². The lowest BCUT2D eigenvalue weighted by molar-refractivity contribution is -0.124. The maximum Gasteiger partial charge on any atom is 0.220 e. The Labute approximate surface area is 113 Å². The number of carbonyl (C=O) groups excluding carboxylic acids is 1. The maximum absolute atomic E-state index is 11.4. The normalized spacial score (nSPS) is 26.9. The van der Waals surface area contributed by atoms with Gasteiger partial charge in [0.2, 0.25) is 5.91 Å². The van der Waals surface area contributed by atoms with Gasteiger partial charge in [-0.25, -0.2) is 0 Å². The Kier molecular flexibility index (Phi) is 3.42. The Balaban J connectivity index is 1.65. The van der Waals surface area contributed by atoms with Crippen LogP contribution in [0.3, 0.4) is 0 Å². The first-order valence-corrected chi connectivity index (χ1v) is 6.92. The molecule has 102 valence electrons. The number of methoxy groups -OCH3 is 1. The fourth-order valence-corrected chi connectivity index (χ4v) is 3.19. The summed E-state index contributed by atoms with van der Waals surface area (Å²) >= 11 is 0. The van der Waals surface area contributed by atoms with Gasteiger partial charge in [-0.15, -0.1) is 0 Å². The molecule has 2 atom stereocenters. The highest BCUT2D eigenvalue weighted by molar-refractivity contribution is 5.77. The summed E-state index contributed by atoms with van der Waals surface area (Å²) in [7, 11) is 1.69. The Hall–Kier alpha value is -1.55. The number of nitrogens with one attached hydrogen (secondary N) is 1. The Morgan fingerprint density at radius 2 is 2.11 bits per heavy atom. The molecule has 1 amide bonds. The zero-order chi connectivity index (χ0) is 13.2. The molecule has 0 radical (unpaired) electrons. The molecule has 3 rings (SSSR count). The number of benzene rings is 1. The molecule has 0 aromatic heterocycles. The lowest BCUT2D eigenvalue weighted by Crippen LogP contribution is -2.49. The van der Waals surface area contributed by atoms with E-state index in [0.29, 0.717) is 18.5 Å². The van der Waals surface area contributed by atoms with E-state index in [-0.39, 0.29) is 5.91 Å². The van der Waals surface area contributed by atoms with Gasteiger partial charge in [0.15, 0.2) is 0 Å². The molecule has 4 heteroatoms. The van der Waals surface area contributed by atoms with Crippen molar-refractivity contribution < 1.29 is 9.53 Å². The number of fused-ring (bicyclic) bond motifs is 1. The van der Waals surface area contributed by atoms with Gasteiger partial charge >= 0.3 is 0 Å². The number of carbonyl (C=O) groups is 1. The summed E-state index contributed by atoms with van der Waals surface area (Å²) in [5.41, 5.74) is 1.30. The van der Waals surface area contributed by atoms with Crippen LogP contribution in [-0.2, 0) is 11.3 Å². The van der Waals surface area contributed by atoms with Crippen LogP contribution in [0, 0.1) is 0 Å². The van der Waals surface area contributed by atoms with E-state index in [2.05, 4.69) is 22.3 Å². The van der Waals surface area contributed by atoms with Gasteiger partial charge in [0.05, 0.1) is 7.11 Å². The second-order valence-electron chi connectivity index (χ2n) is 5.39. The summed E-state index contributed by atoms with van der Waals surface area (Å²) in [5, 5.41) is 3.11. The summed E-state index contributed by atoms with van der Waals surface area (Å²) < 4.78 is 5.18. The molecule has 1 aromatic rings. The smallest absolute Gasteiger partial charge is 0.220 e. The minimum Gasteiger partial charge on any atom is -0.497 e. The van der Waals surface area contributed by atoms with Gasteiger partial charge in [0, 0.05) is 31.6 Å². The molecule has 2 saturated heterocycles. The van der Waals surface area contributed by atoms with Crippen LogP contribution in [0.15, 0.2) is 24.3 Å². The molecule has 4 nitrogen and oxygen atoms in total. The van der Waals surface area contributed by atoms with Crippen molar-refractivity contribution in [1.82, 2.24) is 10.2 Å². The van der Waals surface area contributed by atoms with Crippen molar-refractivity contribution in [3.8, 4) is 5.75 Å². The van der Waals surface area contributed by atoms with Gasteiger partial charge in [-0.3, -0.25) is 9.69 Å². The van der Waals surface area contributed by atoms with E-state index >= 15 is 0 Å². The van der Waals surface area contributed by atoms with Crippen molar-refractivity contribution in [2.75, 3.05) is 13.7 Å². The highest BCUT2D eigenvalue weighted by atomic mass is 16.5. The van der Waals surface area contributed by atoms with Crippen molar-refractivity contribution >= 4 is 5.91 Å². The SMILES string of the molecule is COc1ccc(CN2CC[C@@H]3NC(=O)CC[C@H]32)cc1. The van der Waals surface area contributed by atoms with Crippen LogP contribution in [0.2, 0.25) is 0 Å². The van der Waals surface area contributed by atoms with Crippen LogP contribution < -0.4 is 10.1 Å². The minimum absolute atomic E-state index is 0.215. The number of amides is 1. The van der Waals surface area contributed by atoms with Crippen LogP contribution in [0.4, 0.5) is 0 Å². The molecular formula is C15H20N2O2. The van der Waals surface area contributed by atoms with E-state index in [1.54, 1.807) is 7.11 Å². The zero-order valence-corrected chi connectivity index (χ0v) is 11.3. The Bertz CT molecular complexity index is 458. The molecule has 0 unspecified atom stereocenters. The highest BCUT2D eigenvalue weighted by Gasteiger charge is 2.37. The number of ether oxygens (including phenoxy) is 1. The van der Waals surface area contributed by atoms with E-state index in [1.165, 1.54) is 5.56 Å².